The van der Waals surface area contributed by atoms with Crippen LogP contribution in [0, 0.1) is 0 Å². The molecule has 2 rings (SSSR count). The molecule has 82 valence electrons. The Bertz CT molecular complexity index is 316. The van der Waals surface area contributed by atoms with Crippen molar-refractivity contribution >= 4 is 12.6 Å². The van der Waals surface area contributed by atoms with E-state index in [1.54, 1.807) is 18.6 Å². The van der Waals surface area contributed by atoms with Gasteiger partial charge >= 0.3 is 17.1 Å². The van der Waals surface area contributed by atoms with Gasteiger partial charge in [0.05, 0.1) is 11.4 Å². The molecular weight excluding hydrogens is 256 g/mol. The summed E-state index contributed by atoms with van der Waals surface area (Å²) in [4.78, 5) is 8.37. The summed E-state index contributed by atoms with van der Waals surface area (Å²) in [6.07, 6.45) is 5.12. The van der Waals surface area contributed by atoms with Crippen molar-refractivity contribution in [1.82, 2.24) is 9.97 Å². The molecule has 4 heteroatoms. The summed E-state index contributed by atoms with van der Waals surface area (Å²) in [7, 11) is 0. The van der Waals surface area contributed by atoms with E-state index in [0.29, 0.717) is 0 Å². The van der Waals surface area contributed by atoms with Crippen molar-refractivity contribution < 1.29 is 17.1 Å². The molecule has 0 unspecified atom stereocenters. The monoisotopic (exact) mass is 266 g/mol. The van der Waals surface area contributed by atoms with E-state index in [1.807, 2.05) is 36.4 Å². The smallest absolute Gasteiger partial charge is 0.796 e. The van der Waals surface area contributed by atoms with E-state index in [-0.39, 0.29) is 17.1 Å². The van der Waals surface area contributed by atoms with Gasteiger partial charge in [0.2, 0.25) is 0 Å². The molecular formula is C11H11CuN2S. The second-order valence-electron chi connectivity index (χ2n) is 2.43. The molecule has 2 aromatic rings. The second kappa shape index (κ2) is 8.48. The largest absolute Gasteiger partial charge is 1.00 e. The molecule has 0 amide bonds. The minimum Gasteiger partial charge on any atom is -0.796 e. The van der Waals surface area contributed by atoms with Gasteiger partial charge in [-0.1, -0.05) is 12.1 Å². The van der Waals surface area contributed by atoms with Gasteiger partial charge in [-0.2, -0.15) is 6.26 Å². The Balaban J connectivity index is 0.000000617. The number of hydrogen-bond donors (Lipinski definition) is 0. The fraction of sp³-hybridized carbons (Fsp3) is 0.0909. The van der Waals surface area contributed by atoms with Gasteiger partial charge in [-0.25, -0.2) is 0 Å². The Morgan fingerprint density at radius 1 is 0.800 bits per heavy atom. The van der Waals surface area contributed by atoms with Gasteiger partial charge in [0.1, 0.15) is 0 Å². The molecule has 2 nitrogen and oxygen atoms in total. The van der Waals surface area contributed by atoms with Crippen LogP contribution in [0.25, 0.3) is 11.4 Å². The van der Waals surface area contributed by atoms with E-state index in [2.05, 4.69) is 22.6 Å². The van der Waals surface area contributed by atoms with Gasteiger partial charge in [-0.15, -0.1) is 0 Å². The number of aromatic nitrogens is 2. The average Bonchev–Trinajstić information content (AvgIpc) is 2.34. The van der Waals surface area contributed by atoms with Crippen LogP contribution in [0.1, 0.15) is 0 Å². The van der Waals surface area contributed by atoms with Crippen LogP contribution in [0.15, 0.2) is 48.8 Å². The summed E-state index contributed by atoms with van der Waals surface area (Å²) < 4.78 is 0. The summed E-state index contributed by atoms with van der Waals surface area (Å²) in [5.74, 6) is 0. The van der Waals surface area contributed by atoms with E-state index in [0.717, 1.165) is 11.4 Å². The summed E-state index contributed by atoms with van der Waals surface area (Å²) in [6.45, 7) is 0. The maximum Gasteiger partial charge on any atom is 1.00 e. The fourth-order valence-electron chi connectivity index (χ4n) is 1.03. The number of rotatable bonds is 1. The van der Waals surface area contributed by atoms with E-state index < -0.39 is 0 Å². The van der Waals surface area contributed by atoms with Crippen LogP contribution in [-0.4, -0.2) is 16.2 Å². The Kier molecular flexibility index (Phi) is 8.01. The number of pyridine rings is 2. The first-order valence-electron chi connectivity index (χ1n) is 4.20. The third-order valence-corrected chi connectivity index (χ3v) is 1.59. The van der Waals surface area contributed by atoms with Crippen LogP contribution in [0.4, 0.5) is 0 Å². The Labute approximate surface area is 106 Å². The van der Waals surface area contributed by atoms with Crippen LogP contribution in [0.3, 0.4) is 0 Å². The standard InChI is InChI=1S/C10H8N2.CH4S.Cu/c1-3-7-11-9(5-1)10-6-2-4-8-12-10;1-2;/h1-8H;2H,1H3;/q;;+1/p-1. The van der Waals surface area contributed by atoms with Crippen LogP contribution < -0.4 is 0 Å². The Morgan fingerprint density at radius 2 is 1.20 bits per heavy atom. The molecule has 0 N–H and O–H groups in total. The first-order chi connectivity index (χ1) is 6.97. The Morgan fingerprint density at radius 3 is 1.47 bits per heavy atom. The minimum atomic E-state index is 0. The van der Waals surface area contributed by atoms with Gasteiger partial charge in [-0.05, 0) is 24.3 Å². The molecule has 0 radical (unpaired) electrons. The molecule has 0 saturated heterocycles. The zero-order chi connectivity index (χ0) is 10.2. The summed E-state index contributed by atoms with van der Waals surface area (Å²) in [5, 5.41) is 0. The van der Waals surface area contributed by atoms with Crippen molar-refractivity contribution in [3.05, 3.63) is 48.8 Å². The van der Waals surface area contributed by atoms with Gasteiger partial charge in [0.15, 0.2) is 0 Å². The first kappa shape index (κ1) is 14.2. The molecule has 0 saturated carbocycles. The van der Waals surface area contributed by atoms with Crippen LogP contribution in [-0.2, 0) is 29.7 Å². The molecule has 0 aliphatic heterocycles. The van der Waals surface area contributed by atoms with Crippen molar-refractivity contribution in [1.29, 1.82) is 0 Å². The van der Waals surface area contributed by atoms with Gasteiger partial charge in [-0.3, -0.25) is 9.97 Å². The maximum absolute atomic E-state index is 4.19. The minimum absolute atomic E-state index is 0. The van der Waals surface area contributed by atoms with Gasteiger partial charge in [0, 0.05) is 12.4 Å². The van der Waals surface area contributed by atoms with Crippen molar-refractivity contribution in [2.24, 2.45) is 0 Å². The molecule has 0 aromatic carbocycles. The predicted molar refractivity (Wildman–Crippen MR) is 60.8 cm³/mol. The number of hydrogen-bond acceptors (Lipinski definition) is 3. The molecule has 2 aromatic heterocycles. The van der Waals surface area contributed by atoms with Crippen LogP contribution >= 0.6 is 0 Å². The van der Waals surface area contributed by atoms with Crippen molar-refractivity contribution in [2.75, 3.05) is 6.26 Å². The number of nitrogens with zero attached hydrogens (tertiary/aromatic N) is 2. The molecule has 0 atom stereocenters. The normalized spacial score (nSPS) is 8.13. The molecule has 0 aliphatic carbocycles. The Hall–Kier alpha value is -0.831. The SMILES string of the molecule is C[S-].[Cu+].c1ccc(-c2ccccn2)nc1. The van der Waals surface area contributed by atoms with Crippen LogP contribution in [0.2, 0.25) is 0 Å². The zero-order valence-corrected chi connectivity index (χ0v) is 9.98. The third-order valence-electron chi connectivity index (χ3n) is 1.59. The van der Waals surface area contributed by atoms with Gasteiger partial charge in [0.25, 0.3) is 0 Å². The van der Waals surface area contributed by atoms with Crippen molar-refractivity contribution in [3.8, 4) is 11.4 Å². The fourth-order valence-corrected chi connectivity index (χ4v) is 1.03. The quantitative estimate of drug-likeness (QED) is 0.585. The maximum atomic E-state index is 4.19. The molecule has 2 heterocycles. The van der Waals surface area contributed by atoms with E-state index in [9.17, 15) is 0 Å². The van der Waals surface area contributed by atoms with E-state index in [4.69, 9.17) is 0 Å². The predicted octanol–water partition coefficient (Wildman–Crippen LogP) is 2.30. The van der Waals surface area contributed by atoms with Crippen molar-refractivity contribution in [2.45, 2.75) is 0 Å². The molecule has 0 bridgehead atoms. The summed E-state index contributed by atoms with van der Waals surface area (Å²) in [5.41, 5.74) is 1.83. The van der Waals surface area contributed by atoms with E-state index >= 15 is 0 Å². The summed E-state index contributed by atoms with van der Waals surface area (Å²) >= 11 is 4.08. The molecule has 0 spiro atoms. The van der Waals surface area contributed by atoms with E-state index in [1.165, 1.54) is 0 Å². The molecule has 0 fully saturated rings. The zero-order valence-electron chi connectivity index (χ0n) is 8.22. The van der Waals surface area contributed by atoms with Crippen LogP contribution in [0.5, 0.6) is 0 Å². The second-order valence-corrected chi connectivity index (χ2v) is 2.43. The summed E-state index contributed by atoms with van der Waals surface area (Å²) in [6, 6.07) is 11.6. The molecule has 0 aliphatic rings. The van der Waals surface area contributed by atoms with Crippen molar-refractivity contribution in [3.63, 3.8) is 0 Å². The topological polar surface area (TPSA) is 25.8 Å². The molecule has 15 heavy (non-hydrogen) atoms. The first-order valence-corrected chi connectivity index (χ1v) is 5.02. The average molecular weight is 267 g/mol. The van der Waals surface area contributed by atoms with Gasteiger partial charge < -0.3 is 12.6 Å². The third kappa shape index (κ3) is 4.47.